The van der Waals surface area contributed by atoms with Crippen LogP contribution in [0.5, 0.6) is 0 Å². The summed E-state index contributed by atoms with van der Waals surface area (Å²) in [7, 11) is 0. The number of hydrogen-bond acceptors (Lipinski definition) is 6. The first-order chi connectivity index (χ1) is 20.6. The highest BCUT2D eigenvalue weighted by atomic mass is 32.1. The zero-order valence-corrected chi connectivity index (χ0v) is 28.3. The van der Waals surface area contributed by atoms with Crippen molar-refractivity contribution < 1.29 is 0 Å². The van der Waals surface area contributed by atoms with Gasteiger partial charge in [-0.15, -0.1) is 0 Å². The highest BCUT2D eigenvalue weighted by Crippen LogP contribution is 2.72. The van der Waals surface area contributed by atoms with E-state index in [9.17, 15) is 0 Å². The van der Waals surface area contributed by atoms with Crippen LogP contribution >= 0.6 is 11.3 Å². The molecule has 0 unspecified atom stereocenters. The second-order valence-corrected chi connectivity index (χ2v) is 17.2. The van der Waals surface area contributed by atoms with Gasteiger partial charge in [0.1, 0.15) is 0 Å². The molecule has 2 aromatic heterocycles. The number of anilines is 1. The molecule has 4 fully saturated rings. The lowest BCUT2D eigenvalue weighted by molar-refractivity contribution is -0.134. The summed E-state index contributed by atoms with van der Waals surface area (Å²) in [5.74, 6) is 4.71. The summed E-state index contributed by atoms with van der Waals surface area (Å²) >= 11 is 1.57. The highest BCUT2D eigenvalue weighted by molar-refractivity contribution is 7.21. The zero-order chi connectivity index (χ0) is 30.0. The zero-order valence-electron chi connectivity index (χ0n) is 27.5. The van der Waals surface area contributed by atoms with Crippen molar-refractivity contribution in [2.45, 2.75) is 119 Å². The second-order valence-electron chi connectivity index (χ2n) is 16.2. The monoisotopic (exact) mass is 599 g/mol. The third-order valence-corrected chi connectivity index (χ3v) is 14.2. The van der Waals surface area contributed by atoms with Gasteiger partial charge in [-0.05, 0) is 103 Å². The Kier molecular flexibility index (Phi) is 7.62. The van der Waals surface area contributed by atoms with Crippen molar-refractivity contribution in [2.75, 3.05) is 5.43 Å². The van der Waals surface area contributed by atoms with Crippen LogP contribution in [0.4, 0.5) is 5.13 Å². The number of fused-ring (bicyclic) bond motifs is 7. The van der Waals surface area contributed by atoms with Crippen LogP contribution in [0.25, 0.3) is 21.5 Å². The van der Waals surface area contributed by atoms with Gasteiger partial charge >= 0.3 is 0 Å². The topological polar surface area (TPSA) is 63.1 Å². The molecule has 4 saturated carbocycles. The molecule has 4 aliphatic rings. The number of rotatable bonds is 7. The Morgan fingerprint density at radius 2 is 1.63 bits per heavy atom. The van der Waals surface area contributed by atoms with Gasteiger partial charge in [-0.3, -0.25) is 5.43 Å². The molecule has 0 spiro atoms. The van der Waals surface area contributed by atoms with E-state index < -0.39 is 0 Å². The van der Waals surface area contributed by atoms with Crippen molar-refractivity contribution in [3.63, 3.8) is 0 Å². The fraction of sp³-hybridized carbons (Fsp3) is 0.730. The van der Waals surface area contributed by atoms with E-state index in [1.54, 1.807) is 11.3 Å². The number of aromatic nitrogens is 3. The molecule has 4 aliphatic carbocycles. The molecule has 7 rings (SSSR count). The average molecular weight is 600 g/mol. The van der Waals surface area contributed by atoms with Crippen molar-refractivity contribution in [3.05, 3.63) is 24.3 Å². The van der Waals surface area contributed by atoms with Gasteiger partial charge in [0.25, 0.3) is 0 Å². The van der Waals surface area contributed by atoms with E-state index in [2.05, 4.69) is 47.0 Å². The summed E-state index contributed by atoms with van der Waals surface area (Å²) < 4.78 is 0. The lowest BCUT2D eigenvalue weighted by atomic mass is 9.39. The Bertz CT molecular complexity index is 1460. The molecule has 1 aromatic carbocycles. The third kappa shape index (κ3) is 4.93. The van der Waals surface area contributed by atoms with Gasteiger partial charge in [-0.25, -0.2) is 9.97 Å². The van der Waals surface area contributed by atoms with E-state index in [-0.39, 0.29) is 0 Å². The van der Waals surface area contributed by atoms with Gasteiger partial charge in [-0.1, -0.05) is 97.1 Å². The molecule has 2 heterocycles. The molecule has 5 nitrogen and oxygen atoms in total. The van der Waals surface area contributed by atoms with Crippen LogP contribution in [0, 0.1) is 51.8 Å². The minimum Gasteiger partial charge on any atom is -0.253 e. The minimum absolute atomic E-state index is 0.316. The maximum absolute atomic E-state index is 5.29. The molecule has 0 radical (unpaired) electrons. The van der Waals surface area contributed by atoms with Gasteiger partial charge < -0.3 is 0 Å². The van der Waals surface area contributed by atoms with Gasteiger partial charge in [-0.2, -0.15) is 10.1 Å². The molecule has 0 saturated heterocycles. The Hall–Kier alpha value is -2.08. The van der Waals surface area contributed by atoms with Crippen molar-refractivity contribution in [1.82, 2.24) is 15.0 Å². The van der Waals surface area contributed by atoms with Crippen LogP contribution in [-0.4, -0.2) is 20.7 Å². The third-order valence-electron chi connectivity index (χ3n) is 13.3. The maximum Gasteiger partial charge on any atom is 0.207 e. The molecule has 8 atom stereocenters. The molecule has 3 aromatic rings. The van der Waals surface area contributed by atoms with Crippen LogP contribution in [0.2, 0.25) is 0 Å². The van der Waals surface area contributed by atoms with Gasteiger partial charge in [0, 0.05) is 11.6 Å². The van der Waals surface area contributed by atoms with Crippen LogP contribution in [0.3, 0.4) is 0 Å². The molecule has 0 bridgehead atoms. The van der Waals surface area contributed by atoms with E-state index in [0.29, 0.717) is 27.8 Å². The molecule has 43 heavy (non-hydrogen) atoms. The Balaban J connectivity index is 1.18. The number of hydrogen-bond donors (Lipinski definition) is 1. The lowest BCUT2D eigenvalue weighted by Crippen LogP contribution is -2.61. The van der Waals surface area contributed by atoms with Crippen LogP contribution < -0.4 is 5.43 Å². The fourth-order valence-corrected chi connectivity index (χ4v) is 12.2. The summed E-state index contributed by atoms with van der Waals surface area (Å²) in [5, 5.41) is 6.10. The normalized spacial score (nSPS) is 37.4. The van der Waals surface area contributed by atoms with Crippen LogP contribution in [-0.2, 0) is 0 Å². The number of thiazole rings is 1. The summed E-state index contributed by atoms with van der Waals surface area (Å²) in [6.07, 6.45) is 16.4. The Morgan fingerprint density at radius 1 is 0.860 bits per heavy atom. The van der Waals surface area contributed by atoms with Crippen molar-refractivity contribution in [3.8, 4) is 0 Å². The molecule has 6 heteroatoms. The molecule has 1 N–H and O–H groups in total. The smallest absolute Gasteiger partial charge is 0.207 e. The average Bonchev–Trinajstić information content (AvgIpc) is 3.54. The van der Waals surface area contributed by atoms with Crippen molar-refractivity contribution in [1.29, 1.82) is 0 Å². The standard InChI is InChI=1S/C37H53N5S/c1-23(2)12-11-13-24(3)25-17-18-30-36(25,5)21-19-31-35(4)20-10-9-14-26(35)29(22-37(30,31)6)41-42-34-40-32-33(43-34)39-28-16-8-7-15-27(28)38-32/h7-8,15-16,23-26,30-31H,9-14,17-22H2,1-6H3,(H,38,40,42)/b41-29-/t24-,25-,26-,30-,31-,35+,36-,37+/m1/s1. The summed E-state index contributed by atoms with van der Waals surface area (Å²) in [5.41, 5.74) is 8.55. The summed E-state index contributed by atoms with van der Waals surface area (Å²) in [6.45, 7) is 15.4. The van der Waals surface area contributed by atoms with E-state index in [1.165, 1.54) is 76.3 Å². The maximum atomic E-state index is 5.29. The first-order valence-corrected chi connectivity index (χ1v) is 18.3. The van der Waals surface area contributed by atoms with Gasteiger partial charge in [0.05, 0.1) is 11.0 Å². The van der Waals surface area contributed by atoms with Gasteiger partial charge in [0.2, 0.25) is 5.13 Å². The molecular weight excluding hydrogens is 547 g/mol. The van der Waals surface area contributed by atoms with E-state index >= 15 is 0 Å². The number of nitrogens with zero attached hydrogens (tertiary/aromatic N) is 4. The fourth-order valence-electron chi connectivity index (χ4n) is 11.5. The number of nitrogens with one attached hydrogen (secondary N) is 1. The quantitative estimate of drug-likeness (QED) is 0.274. The SMILES string of the molecule is CC(C)CCC[C@@H](C)[C@H]1CC[C@H]2[C@]3(C)C/C(=N/Nc4nc5nc6ccccc6nc5s4)[C@H]4CCCC[C@]4(C)[C@H]3CC[C@@]21C. The van der Waals surface area contributed by atoms with E-state index in [4.69, 9.17) is 20.1 Å². The molecule has 232 valence electrons. The minimum atomic E-state index is 0.316. The van der Waals surface area contributed by atoms with E-state index in [0.717, 1.165) is 57.0 Å². The molecule has 0 amide bonds. The number of benzene rings is 1. The predicted octanol–water partition coefficient (Wildman–Crippen LogP) is 10.5. The number of para-hydroxylation sites is 2. The summed E-state index contributed by atoms with van der Waals surface area (Å²) in [6, 6.07) is 8.06. The van der Waals surface area contributed by atoms with E-state index in [1.807, 2.05) is 24.3 Å². The van der Waals surface area contributed by atoms with Crippen molar-refractivity contribution in [2.24, 2.45) is 56.9 Å². The molecular formula is C37H53N5S. The highest BCUT2D eigenvalue weighted by Gasteiger charge is 2.66. The first-order valence-electron chi connectivity index (χ1n) is 17.5. The van der Waals surface area contributed by atoms with Crippen LogP contribution in [0.15, 0.2) is 29.4 Å². The predicted molar refractivity (Wildman–Crippen MR) is 181 cm³/mol. The molecule has 0 aliphatic heterocycles. The van der Waals surface area contributed by atoms with Crippen molar-refractivity contribution >= 4 is 43.7 Å². The Morgan fingerprint density at radius 3 is 2.42 bits per heavy atom. The number of hydrazone groups is 1. The summed E-state index contributed by atoms with van der Waals surface area (Å²) in [4.78, 5) is 15.3. The first kappa shape index (κ1) is 29.6. The largest absolute Gasteiger partial charge is 0.253 e. The Labute approximate surface area is 263 Å². The van der Waals surface area contributed by atoms with Gasteiger partial charge in [0.15, 0.2) is 10.5 Å². The second kappa shape index (κ2) is 11.1. The van der Waals surface area contributed by atoms with Crippen LogP contribution in [0.1, 0.15) is 119 Å². The lowest BCUT2D eigenvalue weighted by Gasteiger charge is -2.65.